The predicted octanol–water partition coefficient (Wildman–Crippen LogP) is -2.21. The highest BCUT2D eigenvalue weighted by atomic mass is 32.2. The van der Waals surface area contributed by atoms with E-state index in [-0.39, 0.29) is 22.5 Å². The molecule has 0 aliphatic carbocycles. The van der Waals surface area contributed by atoms with Gasteiger partial charge in [0.1, 0.15) is 10.5 Å². The average molecular weight is 354 g/mol. The molecule has 0 saturated carbocycles. The monoisotopic (exact) mass is 354 g/mol. The van der Waals surface area contributed by atoms with E-state index >= 15 is 0 Å². The average Bonchev–Trinajstić information content (AvgIpc) is 2.55. The first-order valence-corrected chi connectivity index (χ1v) is 8.99. The minimum Gasteiger partial charge on any atom is -0.314 e. The van der Waals surface area contributed by atoms with Crippen LogP contribution in [0.2, 0.25) is 0 Å². The summed E-state index contributed by atoms with van der Waals surface area (Å²) in [7, 11) is -3.78. The Morgan fingerprint density at radius 1 is 1.21 bits per heavy atom. The number of aromatic nitrogens is 3. The summed E-state index contributed by atoms with van der Waals surface area (Å²) < 4.78 is 27.2. The number of sulfonamides is 1. The molecule has 0 bridgehead atoms. The van der Waals surface area contributed by atoms with Crippen LogP contribution in [-0.4, -0.2) is 67.5 Å². The van der Waals surface area contributed by atoms with Crippen LogP contribution in [0.25, 0.3) is 11.0 Å². The lowest BCUT2D eigenvalue weighted by atomic mass is 10.3. The van der Waals surface area contributed by atoms with Crippen molar-refractivity contribution in [2.75, 3.05) is 39.3 Å². The first kappa shape index (κ1) is 16.8. The number of rotatable bonds is 5. The molecule has 2 aromatic rings. The van der Waals surface area contributed by atoms with Crippen LogP contribution in [0.3, 0.4) is 0 Å². The van der Waals surface area contributed by atoms with Crippen LogP contribution >= 0.6 is 0 Å². The van der Waals surface area contributed by atoms with E-state index in [1.54, 1.807) is 0 Å². The number of aromatic amines is 2. The van der Waals surface area contributed by atoms with Crippen molar-refractivity contribution in [1.29, 1.82) is 0 Å². The lowest BCUT2D eigenvalue weighted by Crippen LogP contribution is -2.46. The van der Waals surface area contributed by atoms with Crippen molar-refractivity contribution in [3.8, 4) is 0 Å². The summed E-state index contributed by atoms with van der Waals surface area (Å²) in [6.45, 7) is 4.41. The number of piperazine rings is 1. The molecule has 2 aromatic heterocycles. The minimum absolute atomic E-state index is 0.0135. The molecule has 0 spiro atoms. The number of pyridine rings is 1. The zero-order valence-corrected chi connectivity index (χ0v) is 13.6. The summed E-state index contributed by atoms with van der Waals surface area (Å²) in [5.41, 5.74) is -1.33. The van der Waals surface area contributed by atoms with Gasteiger partial charge in [-0.05, 0) is 6.07 Å². The summed E-state index contributed by atoms with van der Waals surface area (Å²) in [6, 6.07) is 1.20. The Balaban J connectivity index is 1.75. The second-order valence-corrected chi connectivity index (χ2v) is 7.23. The highest BCUT2D eigenvalue weighted by Crippen LogP contribution is 2.11. The summed E-state index contributed by atoms with van der Waals surface area (Å²) >= 11 is 0. The largest absolute Gasteiger partial charge is 0.327 e. The maximum Gasteiger partial charge on any atom is 0.327 e. The van der Waals surface area contributed by atoms with Crippen molar-refractivity contribution in [2.45, 2.75) is 4.90 Å². The van der Waals surface area contributed by atoms with Gasteiger partial charge < -0.3 is 5.32 Å². The van der Waals surface area contributed by atoms with E-state index < -0.39 is 21.3 Å². The maximum atomic E-state index is 12.3. The zero-order valence-electron chi connectivity index (χ0n) is 12.8. The first-order chi connectivity index (χ1) is 11.5. The van der Waals surface area contributed by atoms with E-state index in [2.05, 4.69) is 24.9 Å². The second-order valence-electron chi connectivity index (χ2n) is 5.46. The van der Waals surface area contributed by atoms with E-state index in [0.717, 1.165) is 32.4 Å². The number of hydrogen-bond donors (Lipinski definition) is 4. The number of nitrogens with zero attached hydrogens (tertiary/aromatic N) is 2. The molecule has 0 radical (unpaired) electrons. The Bertz CT molecular complexity index is 945. The van der Waals surface area contributed by atoms with Crippen molar-refractivity contribution in [2.24, 2.45) is 0 Å². The molecule has 4 N–H and O–H groups in total. The summed E-state index contributed by atoms with van der Waals surface area (Å²) in [5, 5.41) is 3.24. The van der Waals surface area contributed by atoms with Crippen LogP contribution in [0, 0.1) is 0 Å². The van der Waals surface area contributed by atoms with Crippen molar-refractivity contribution >= 4 is 21.1 Å². The van der Waals surface area contributed by atoms with Crippen LogP contribution in [0.4, 0.5) is 0 Å². The fourth-order valence-electron chi connectivity index (χ4n) is 2.53. The molecule has 24 heavy (non-hydrogen) atoms. The molecule has 1 fully saturated rings. The van der Waals surface area contributed by atoms with Gasteiger partial charge in [-0.25, -0.2) is 22.9 Å². The van der Waals surface area contributed by atoms with Gasteiger partial charge in [0, 0.05) is 45.5 Å². The van der Waals surface area contributed by atoms with E-state index in [4.69, 9.17) is 0 Å². The number of H-pyrrole nitrogens is 2. The molecule has 3 rings (SSSR count). The van der Waals surface area contributed by atoms with Gasteiger partial charge in [-0.15, -0.1) is 0 Å². The quantitative estimate of drug-likeness (QED) is 0.477. The van der Waals surface area contributed by atoms with Crippen molar-refractivity contribution in [3.63, 3.8) is 0 Å². The van der Waals surface area contributed by atoms with Gasteiger partial charge in [0.05, 0.1) is 5.39 Å². The Morgan fingerprint density at radius 3 is 2.71 bits per heavy atom. The molecular weight excluding hydrogens is 336 g/mol. The SMILES string of the molecule is O=c1[nH]c(=O)c2cc(S(=O)(=O)NCCN3CCNCC3)cnc2[nH]1. The van der Waals surface area contributed by atoms with Gasteiger partial charge in [0.15, 0.2) is 0 Å². The predicted molar refractivity (Wildman–Crippen MR) is 87.5 cm³/mol. The number of nitrogens with one attached hydrogen (secondary N) is 4. The molecule has 130 valence electrons. The molecular formula is C13H18N6O4S. The highest BCUT2D eigenvalue weighted by Gasteiger charge is 2.17. The van der Waals surface area contributed by atoms with Crippen molar-refractivity contribution in [3.05, 3.63) is 33.1 Å². The van der Waals surface area contributed by atoms with Gasteiger partial charge in [-0.1, -0.05) is 0 Å². The van der Waals surface area contributed by atoms with Gasteiger partial charge in [-0.2, -0.15) is 0 Å². The summed E-state index contributed by atoms with van der Waals surface area (Å²) in [6.07, 6.45) is 1.12. The fraction of sp³-hybridized carbons (Fsp3) is 0.462. The minimum atomic E-state index is -3.78. The van der Waals surface area contributed by atoms with Gasteiger partial charge >= 0.3 is 5.69 Å². The Morgan fingerprint density at radius 2 is 1.96 bits per heavy atom. The molecule has 10 nitrogen and oxygen atoms in total. The molecule has 11 heteroatoms. The summed E-state index contributed by atoms with van der Waals surface area (Å²) in [5.74, 6) is 0. The molecule has 1 aliphatic rings. The normalized spacial score (nSPS) is 16.5. The molecule has 3 heterocycles. The van der Waals surface area contributed by atoms with Gasteiger partial charge in [0.25, 0.3) is 5.56 Å². The fourth-order valence-corrected chi connectivity index (χ4v) is 3.52. The van der Waals surface area contributed by atoms with Gasteiger partial charge in [-0.3, -0.25) is 19.7 Å². The Hall–Kier alpha value is -2.08. The highest BCUT2D eigenvalue weighted by molar-refractivity contribution is 7.89. The third-order valence-corrected chi connectivity index (χ3v) is 5.23. The standard InChI is InChI=1S/C13H18N6O4S/c20-12-10-7-9(8-15-11(10)17-13(21)18-12)24(22,23)16-3-6-19-4-1-14-2-5-19/h7-8,14,16H,1-6H2,(H2,15,17,18,20,21). The number of fused-ring (bicyclic) bond motifs is 1. The molecule has 0 amide bonds. The molecule has 1 saturated heterocycles. The van der Waals surface area contributed by atoms with Crippen LogP contribution in [0.5, 0.6) is 0 Å². The molecule has 1 aliphatic heterocycles. The van der Waals surface area contributed by atoms with E-state index in [1.165, 1.54) is 6.07 Å². The smallest absolute Gasteiger partial charge is 0.314 e. The third kappa shape index (κ3) is 3.70. The van der Waals surface area contributed by atoms with Crippen molar-refractivity contribution in [1.82, 2.24) is 29.9 Å². The lowest BCUT2D eigenvalue weighted by Gasteiger charge is -2.27. The summed E-state index contributed by atoms with van der Waals surface area (Å²) in [4.78, 5) is 33.2. The van der Waals surface area contributed by atoms with Gasteiger partial charge in [0.2, 0.25) is 10.0 Å². The Labute approximate surface area is 137 Å². The Kier molecular flexibility index (Phi) is 4.76. The van der Waals surface area contributed by atoms with Crippen LogP contribution in [-0.2, 0) is 10.0 Å². The molecule has 0 atom stereocenters. The number of hydrogen-bond acceptors (Lipinski definition) is 7. The van der Waals surface area contributed by atoms with Crippen LogP contribution < -0.4 is 21.3 Å². The van der Waals surface area contributed by atoms with E-state index in [1.807, 2.05) is 4.98 Å². The van der Waals surface area contributed by atoms with Crippen LogP contribution in [0.1, 0.15) is 0 Å². The third-order valence-electron chi connectivity index (χ3n) is 3.81. The maximum absolute atomic E-state index is 12.3. The van der Waals surface area contributed by atoms with E-state index in [0.29, 0.717) is 6.54 Å². The van der Waals surface area contributed by atoms with E-state index in [9.17, 15) is 18.0 Å². The lowest BCUT2D eigenvalue weighted by molar-refractivity contribution is 0.245. The van der Waals surface area contributed by atoms with Crippen molar-refractivity contribution < 1.29 is 8.42 Å². The zero-order chi connectivity index (χ0) is 17.2. The first-order valence-electron chi connectivity index (χ1n) is 7.51. The molecule has 0 unspecified atom stereocenters. The topological polar surface area (TPSA) is 140 Å². The molecule has 0 aromatic carbocycles. The van der Waals surface area contributed by atoms with Crippen LogP contribution in [0.15, 0.2) is 26.7 Å². The second kappa shape index (κ2) is 6.81.